The second-order valence-corrected chi connectivity index (χ2v) is 18.3. The number of anilines is 3. The lowest BCUT2D eigenvalue weighted by Crippen LogP contribution is -2.26. The number of fused-ring (bicyclic) bond motifs is 16. The quantitative estimate of drug-likeness (QED) is 0.172. The van der Waals surface area contributed by atoms with Crippen molar-refractivity contribution in [3.63, 3.8) is 0 Å². The van der Waals surface area contributed by atoms with Gasteiger partial charge in [0.2, 0.25) is 0 Å². The van der Waals surface area contributed by atoms with E-state index in [0.717, 1.165) is 11.4 Å². The minimum Gasteiger partial charge on any atom is -0.310 e. The molecule has 60 heavy (non-hydrogen) atoms. The standard InChI is InChI=1S/C58H39NS/c1-57(2)47-19-8-6-18-45(47)56-51(57)23-13-24-53(56)59(38-29-26-36(27-30-38)37-28-33-55-46(34-37)44-17-7-12-25-54(44)60-55)39-31-32-43-42-16-5-11-22-50(42)58(52(43)35-39)48-20-9-3-14-40(48)41-15-4-10-21-49(41)58/h3-35H,1-2H3. The molecule has 0 amide bonds. The number of benzene rings is 9. The largest absolute Gasteiger partial charge is 0.310 e. The summed E-state index contributed by atoms with van der Waals surface area (Å²) in [6, 6.07) is 75.5. The molecular formula is C58H39NS. The van der Waals surface area contributed by atoms with Crippen molar-refractivity contribution in [3.8, 4) is 44.5 Å². The fraction of sp³-hybridized carbons (Fsp3) is 0.0690. The predicted octanol–water partition coefficient (Wildman–Crippen LogP) is 15.8. The van der Waals surface area contributed by atoms with E-state index in [1.165, 1.54) is 104 Å². The van der Waals surface area contributed by atoms with Gasteiger partial charge in [-0.05, 0) is 121 Å². The summed E-state index contributed by atoms with van der Waals surface area (Å²) in [6.45, 7) is 4.75. The van der Waals surface area contributed by atoms with Crippen molar-refractivity contribution in [2.45, 2.75) is 24.7 Å². The summed E-state index contributed by atoms with van der Waals surface area (Å²) < 4.78 is 2.66. The maximum Gasteiger partial charge on any atom is 0.0726 e. The zero-order valence-electron chi connectivity index (χ0n) is 33.4. The Morgan fingerprint density at radius 2 is 0.900 bits per heavy atom. The van der Waals surface area contributed by atoms with Gasteiger partial charge < -0.3 is 4.90 Å². The highest BCUT2D eigenvalue weighted by Gasteiger charge is 2.51. The van der Waals surface area contributed by atoms with Crippen LogP contribution in [0.3, 0.4) is 0 Å². The third kappa shape index (κ3) is 4.41. The van der Waals surface area contributed by atoms with Crippen LogP contribution in [0.25, 0.3) is 64.7 Å². The van der Waals surface area contributed by atoms with E-state index in [1.807, 2.05) is 11.3 Å². The normalized spacial score (nSPS) is 14.4. The van der Waals surface area contributed by atoms with Gasteiger partial charge in [0.05, 0.1) is 11.1 Å². The number of rotatable bonds is 4. The molecule has 1 spiro atoms. The van der Waals surface area contributed by atoms with Gasteiger partial charge in [-0.1, -0.05) is 166 Å². The second kappa shape index (κ2) is 12.3. The van der Waals surface area contributed by atoms with Crippen LogP contribution in [0.15, 0.2) is 200 Å². The predicted molar refractivity (Wildman–Crippen MR) is 253 cm³/mol. The SMILES string of the molecule is CC1(C)c2ccccc2-c2c(N(c3ccc(-c4ccc5sc6ccccc6c5c4)cc3)c3ccc4c(c3)C3(c5ccccc5-c5ccccc53)c3ccccc3-4)cccc21. The van der Waals surface area contributed by atoms with Crippen LogP contribution in [0.1, 0.15) is 47.2 Å². The maximum absolute atomic E-state index is 2.53. The first-order valence-corrected chi connectivity index (χ1v) is 21.8. The van der Waals surface area contributed by atoms with Gasteiger partial charge in [-0.25, -0.2) is 0 Å². The van der Waals surface area contributed by atoms with E-state index < -0.39 is 5.41 Å². The zero-order chi connectivity index (χ0) is 39.7. The molecule has 0 N–H and O–H groups in total. The van der Waals surface area contributed by atoms with Gasteiger partial charge in [0, 0.05) is 42.5 Å². The molecule has 0 saturated carbocycles. The number of hydrogen-bond donors (Lipinski definition) is 0. The third-order valence-corrected chi connectivity index (χ3v) is 15.1. The summed E-state index contributed by atoms with van der Waals surface area (Å²) >= 11 is 1.87. The molecule has 0 fully saturated rings. The highest BCUT2D eigenvalue weighted by molar-refractivity contribution is 7.25. The molecule has 13 rings (SSSR count). The molecular weight excluding hydrogens is 743 g/mol. The van der Waals surface area contributed by atoms with E-state index in [1.54, 1.807) is 0 Å². The Morgan fingerprint density at radius 3 is 1.60 bits per heavy atom. The summed E-state index contributed by atoms with van der Waals surface area (Å²) in [5.41, 5.74) is 21.4. The van der Waals surface area contributed by atoms with Gasteiger partial charge in [-0.3, -0.25) is 0 Å². The Bertz CT molecular complexity index is 3360. The van der Waals surface area contributed by atoms with Crippen LogP contribution < -0.4 is 4.90 Å². The fourth-order valence-electron chi connectivity index (χ4n) is 11.3. The lowest BCUT2D eigenvalue weighted by atomic mass is 9.70. The summed E-state index contributed by atoms with van der Waals surface area (Å²) in [5.74, 6) is 0. The first-order chi connectivity index (χ1) is 29.5. The fourth-order valence-corrected chi connectivity index (χ4v) is 12.4. The lowest BCUT2D eigenvalue weighted by Gasteiger charge is -2.33. The van der Waals surface area contributed by atoms with Crippen LogP contribution in [-0.2, 0) is 10.8 Å². The van der Waals surface area contributed by atoms with Crippen LogP contribution in [0.5, 0.6) is 0 Å². The monoisotopic (exact) mass is 781 g/mol. The van der Waals surface area contributed by atoms with E-state index in [4.69, 9.17) is 0 Å². The number of thiophene rings is 1. The topological polar surface area (TPSA) is 3.24 Å². The molecule has 0 atom stereocenters. The minimum atomic E-state index is -0.428. The third-order valence-electron chi connectivity index (χ3n) is 13.9. The molecule has 1 aromatic heterocycles. The highest BCUT2D eigenvalue weighted by atomic mass is 32.1. The Hall–Kier alpha value is -7.00. The molecule has 0 aliphatic heterocycles. The molecule has 282 valence electrons. The summed E-state index contributed by atoms with van der Waals surface area (Å²) in [4.78, 5) is 2.53. The maximum atomic E-state index is 2.53. The molecule has 1 nitrogen and oxygen atoms in total. The Labute approximate surface area is 354 Å². The smallest absolute Gasteiger partial charge is 0.0726 e. The highest BCUT2D eigenvalue weighted by Crippen LogP contribution is 2.64. The number of hydrogen-bond acceptors (Lipinski definition) is 2. The van der Waals surface area contributed by atoms with Crippen molar-refractivity contribution in [2.24, 2.45) is 0 Å². The van der Waals surface area contributed by atoms with Crippen molar-refractivity contribution < 1.29 is 0 Å². The van der Waals surface area contributed by atoms with Gasteiger partial charge in [0.15, 0.2) is 0 Å². The molecule has 2 heteroatoms. The minimum absolute atomic E-state index is 0.122. The van der Waals surface area contributed by atoms with Crippen LogP contribution in [0.2, 0.25) is 0 Å². The summed E-state index contributed by atoms with van der Waals surface area (Å²) in [5, 5.41) is 2.65. The molecule has 0 saturated heterocycles. The summed E-state index contributed by atoms with van der Waals surface area (Å²) in [7, 11) is 0. The molecule has 10 aromatic rings. The summed E-state index contributed by atoms with van der Waals surface area (Å²) in [6.07, 6.45) is 0. The molecule has 9 aromatic carbocycles. The second-order valence-electron chi connectivity index (χ2n) is 17.2. The molecule has 3 aliphatic rings. The average Bonchev–Trinajstić information content (AvgIpc) is 3.99. The van der Waals surface area contributed by atoms with E-state index in [2.05, 4.69) is 219 Å². The van der Waals surface area contributed by atoms with Crippen LogP contribution in [-0.4, -0.2) is 0 Å². The molecule has 1 heterocycles. The van der Waals surface area contributed by atoms with Gasteiger partial charge in [-0.2, -0.15) is 0 Å². The van der Waals surface area contributed by atoms with Crippen molar-refractivity contribution in [1.29, 1.82) is 0 Å². The molecule has 0 bridgehead atoms. The van der Waals surface area contributed by atoms with E-state index in [0.29, 0.717) is 0 Å². The Balaban J connectivity index is 1.04. The lowest BCUT2D eigenvalue weighted by molar-refractivity contribution is 0.660. The van der Waals surface area contributed by atoms with E-state index in [-0.39, 0.29) is 5.41 Å². The zero-order valence-corrected chi connectivity index (χ0v) is 34.2. The van der Waals surface area contributed by atoms with Crippen LogP contribution >= 0.6 is 11.3 Å². The van der Waals surface area contributed by atoms with E-state index >= 15 is 0 Å². The Morgan fingerprint density at radius 1 is 0.367 bits per heavy atom. The van der Waals surface area contributed by atoms with E-state index in [9.17, 15) is 0 Å². The van der Waals surface area contributed by atoms with Crippen molar-refractivity contribution in [1.82, 2.24) is 0 Å². The van der Waals surface area contributed by atoms with Gasteiger partial charge in [0.25, 0.3) is 0 Å². The Kier molecular flexibility index (Phi) is 6.94. The first-order valence-electron chi connectivity index (χ1n) is 21.0. The number of nitrogens with zero attached hydrogens (tertiary/aromatic N) is 1. The van der Waals surface area contributed by atoms with Crippen molar-refractivity contribution >= 4 is 48.6 Å². The molecule has 3 aliphatic carbocycles. The van der Waals surface area contributed by atoms with Crippen molar-refractivity contribution in [3.05, 3.63) is 234 Å². The molecule has 0 unspecified atom stereocenters. The van der Waals surface area contributed by atoms with Crippen LogP contribution in [0.4, 0.5) is 17.1 Å². The van der Waals surface area contributed by atoms with Crippen molar-refractivity contribution in [2.75, 3.05) is 4.90 Å². The van der Waals surface area contributed by atoms with Gasteiger partial charge in [-0.15, -0.1) is 11.3 Å². The first kappa shape index (κ1) is 33.9. The average molecular weight is 782 g/mol. The van der Waals surface area contributed by atoms with Gasteiger partial charge >= 0.3 is 0 Å². The van der Waals surface area contributed by atoms with Crippen LogP contribution in [0, 0.1) is 0 Å². The van der Waals surface area contributed by atoms with Gasteiger partial charge in [0.1, 0.15) is 0 Å². The molecule has 0 radical (unpaired) electrons.